The van der Waals surface area contributed by atoms with E-state index in [1.807, 2.05) is 6.08 Å². The topological polar surface area (TPSA) is 0 Å². The Morgan fingerprint density at radius 1 is 1.14 bits per heavy atom. The van der Waals surface area contributed by atoms with E-state index in [0.717, 1.165) is 6.42 Å². The lowest BCUT2D eigenvalue weighted by Gasteiger charge is -2.04. The van der Waals surface area contributed by atoms with Crippen LogP contribution in [0.4, 0.5) is 0 Å². The molecule has 1 heteroatoms. The van der Waals surface area contributed by atoms with Crippen molar-refractivity contribution in [2.24, 2.45) is 0 Å². The van der Waals surface area contributed by atoms with Gasteiger partial charge in [-0.1, -0.05) is 36.4 Å². The van der Waals surface area contributed by atoms with Crippen molar-refractivity contribution >= 4 is 11.3 Å². The van der Waals surface area contributed by atoms with Gasteiger partial charge >= 0.3 is 0 Å². The van der Waals surface area contributed by atoms with Gasteiger partial charge < -0.3 is 0 Å². The molecule has 0 aliphatic heterocycles. The average molecular weight is 200 g/mol. The van der Waals surface area contributed by atoms with Gasteiger partial charge in [0.05, 0.1) is 0 Å². The molecule has 0 radical (unpaired) electrons. The van der Waals surface area contributed by atoms with Gasteiger partial charge in [-0.15, -0.1) is 17.9 Å². The molecule has 2 aromatic rings. The minimum absolute atomic E-state index is 0.939. The van der Waals surface area contributed by atoms with Crippen molar-refractivity contribution in [2.45, 2.75) is 6.42 Å². The van der Waals surface area contributed by atoms with Crippen LogP contribution in [0.25, 0.3) is 10.4 Å². The lowest BCUT2D eigenvalue weighted by atomic mass is 10.0. The fourth-order valence-corrected chi connectivity index (χ4v) is 2.31. The second kappa shape index (κ2) is 4.25. The molecule has 1 aromatic heterocycles. The number of thiophene rings is 1. The molecule has 0 unspecified atom stereocenters. The van der Waals surface area contributed by atoms with Crippen molar-refractivity contribution < 1.29 is 0 Å². The fraction of sp³-hybridized carbons (Fsp3) is 0.0769. The first-order chi connectivity index (χ1) is 6.92. The van der Waals surface area contributed by atoms with Gasteiger partial charge in [-0.3, -0.25) is 0 Å². The van der Waals surface area contributed by atoms with Crippen LogP contribution in [-0.2, 0) is 6.42 Å². The predicted molar refractivity (Wildman–Crippen MR) is 63.7 cm³/mol. The maximum atomic E-state index is 3.78. The standard InChI is InChI=1S/C13H12S/c1-2-6-11-7-3-4-8-12(11)13-9-5-10-14-13/h2-5,7-10H,1,6H2. The van der Waals surface area contributed by atoms with Crippen LogP contribution in [0.1, 0.15) is 5.56 Å². The summed E-state index contributed by atoms with van der Waals surface area (Å²) in [4.78, 5) is 1.34. The zero-order chi connectivity index (χ0) is 9.80. The van der Waals surface area contributed by atoms with Crippen LogP contribution in [0.5, 0.6) is 0 Å². The Balaban J connectivity index is 2.46. The molecule has 0 aliphatic carbocycles. The molecule has 14 heavy (non-hydrogen) atoms. The van der Waals surface area contributed by atoms with Gasteiger partial charge in [0.25, 0.3) is 0 Å². The van der Waals surface area contributed by atoms with Crippen LogP contribution < -0.4 is 0 Å². The normalized spacial score (nSPS) is 10.0. The summed E-state index contributed by atoms with van der Waals surface area (Å²) in [6.45, 7) is 3.78. The van der Waals surface area contributed by atoms with Gasteiger partial charge in [0.2, 0.25) is 0 Å². The second-order valence-electron chi connectivity index (χ2n) is 3.13. The Kier molecular flexibility index (Phi) is 2.80. The molecule has 0 saturated carbocycles. The van der Waals surface area contributed by atoms with Gasteiger partial charge in [0, 0.05) is 4.88 Å². The molecule has 70 valence electrons. The third-order valence-electron chi connectivity index (χ3n) is 2.17. The molecule has 0 aliphatic rings. The van der Waals surface area contributed by atoms with E-state index in [2.05, 4.69) is 48.4 Å². The molecule has 1 heterocycles. The van der Waals surface area contributed by atoms with Gasteiger partial charge in [-0.25, -0.2) is 0 Å². The van der Waals surface area contributed by atoms with Gasteiger partial charge in [0.15, 0.2) is 0 Å². The van der Waals surface area contributed by atoms with E-state index >= 15 is 0 Å². The highest BCUT2D eigenvalue weighted by Gasteiger charge is 2.02. The number of benzene rings is 1. The maximum absolute atomic E-state index is 3.78. The lowest BCUT2D eigenvalue weighted by Crippen LogP contribution is -1.84. The Morgan fingerprint density at radius 2 is 2.00 bits per heavy atom. The predicted octanol–water partition coefficient (Wildman–Crippen LogP) is 4.14. The maximum Gasteiger partial charge on any atom is 0.0345 e. The summed E-state index contributed by atoms with van der Waals surface area (Å²) in [6, 6.07) is 12.7. The summed E-state index contributed by atoms with van der Waals surface area (Å²) in [5.74, 6) is 0. The van der Waals surface area contributed by atoms with Crippen LogP contribution in [-0.4, -0.2) is 0 Å². The number of allylic oxidation sites excluding steroid dienone is 1. The Labute approximate surface area is 88.5 Å². The van der Waals surface area contributed by atoms with E-state index in [1.54, 1.807) is 11.3 Å². The summed E-state index contributed by atoms with van der Waals surface area (Å²) in [5.41, 5.74) is 2.69. The van der Waals surface area contributed by atoms with E-state index < -0.39 is 0 Å². The monoisotopic (exact) mass is 200 g/mol. The van der Waals surface area contributed by atoms with Crippen LogP contribution >= 0.6 is 11.3 Å². The molecule has 0 bridgehead atoms. The van der Waals surface area contributed by atoms with Crippen molar-refractivity contribution in [3.05, 3.63) is 60.0 Å². The molecular formula is C13H12S. The van der Waals surface area contributed by atoms with E-state index in [-0.39, 0.29) is 0 Å². The van der Waals surface area contributed by atoms with Crippen LogP contribution in [0, 0.1) is 0 Å². The average Bonchev–Trinajstić information content (AvgIpc) is 2.72. The molecule has 0 N–H and O–H groups in total. The first-order valence-corrected chi connectivity index (χ1v) is 5.52. The summed E-state index contributed by atoms with van der Waals surface area (Å²) in [7, 11) is 0. The van der Waals surface area contributed by atoms with Crippen molar-refractivity contribution in [2.75, 3.05) is 0 Å². The molecule has 0 spiro atoms. The molecule has 2 rings (SSSR count). The first-order valence-electron chi connectivity index (χ1n) is 4.64. The molecule has 0 atom stereocenters. The second-order valence-corrected chi connectivity index (χ2v) is 4.07. The molecule has 0 fully saturated rings. The van der Waals surface area contributed by atoms with Crippen LogP contribution in [0.3, 0.4) is 0 Å². The Bertz CT molecular complexity index is 413. The third-order valence-corrected chi connectivity index (χ3v) is 3.07. The fourth-order valence-electron chi connectivity index (χ4n) is 1.53. The SMILES string of the molecule is C=CCc1ccccc1-c1cccs1. The highest BCUT2D eigenvalue weighted by atomic mass is 32.1. The minimum atomic E-state index is 0.939. The lowest BCUT2D eigenvalue weighted by molar-refractivity contribution is 1.28. The largest absolute Gasteiger partial charge is 0.144 e. The van der Waals surface area contributed by atoms with E-state index in [4.69, 9.17) is 0 Å². The summed E-state index contributed by atoms with van der Waals surface area (Å²) < 4.78 is 0. The number of hydrogen-bond acceptors (Lipinski definition) is 1. The van der Waals surface area contributed by atoms with Crippen molar-refractivity contribution in [3.8, 4) is 10.4 Å². The van der Waals surface area contributed by atoms with Crippen molar-refractivity contribution in [1.82, 2.24) is 0 Å². The quantitative estimate of drug-likeness (QED) is 0.653. The Hall–Kier alpha value is -1.34. The zero-order valence-electron chi connectivity index (χ0n) is 7.94. The molecule has 1 aromatic carbocycles. The van der Waals surface area contributed by atoms with Crippen molar-refractivity contribution in [1.29, 1.82) is 0 Å². The summed E-state index contributed by atoms with van der Waals surface area (Å²) >= 11 is 1.78. The highest BCUT2D eigenvalue weighted by molar-refractivity contribution is 7.13. The summed E-state index contributed by atoms with van der Waals surface area (Å²) in [6.07, 6.45) is 2.89. The first kappa shape index (κ1) is 9.22. The smallest absolute Gasteiger partial charge is 0.0345 e. The minimum Gasteiger partial charge on any atom is -0.144 e. The van der Waals surface area contributed by atoms with E-state index in [9.17, 15) is 0 Å². The van der Waals surface area contributed by atoms with E-state index in [0.29, 0.717) is 0 Å². The number of hydrogen-bond donors (Lipinski definition) is 0. The highest BCUT2D eigenvalue weighted by Crippen LogP contribution is 2.28. The van der Waals surface area contributed by atoms with Crippen molar-refractivity contribution in [3.63, 3.8) is 0 Å². The molecule has 0 saturated heterocycles. The summed E-state index contributed by atoms with van der Waals surface area (Å²) in [5, 5.41) is 2.11. The molecular weight excluding hydrogens is 188 g/mol. The van der Waals surface area contributed by atoms with Crippen LogP contribution in [0.15, 0.2) is 54.4 Å². The van der Waals surface area contributed by atoms with Gasteiger partial charge in [-0.2, -0.15) is 0 Å². The zero-order valence-corrected chi connectivity index (χ0v) is 8.76. The third kappa shape index (κ3) is 1.78. The number of rotatable bonds is 3. The van der Waals surface area contributed by atoms with Crippen LogP contribution in [0.2, 0.25) is 0 Å². The van der Waals surface area contributed by atoms with E-state index in [1.165, 1.54) is 16.0 Å². The molecule has 0 amide bonds. The van der Waals surface area contributed by atoms with Gasteiger partial charge in [-0.05, 0) is 29.0 Å². The van der Waals surface area contributed by atoms with Gasteiger partial charge in [0.1, 0.15) is 0 Å². The Morgan fingerprint density at radius 3 is 2.71 bits per heavy atom. The molecule has 0 nitrogen and oxygen atoms in total.